The van der Waals surface area contributed by atoms with Gasteiger partial charge >= 0.3 is 0 Å². The van der Waals surface area contributed by atoms with Crippen LogP contribution >= 0.6 is 11.3 Å². The van der Waals surface area contributed by atoms with Crippen LogP contribution in [0.25, 0.3) is 11.1 Å². The molecule has 0 unspecified atom stereocenters. The lowest BCUT2D eigenvalue weighted by Gasteiger charge is -2.21. The van der Waals surface area contributed by atoms with Gasteiger partial charge < -0.3 is 5.73 Å². The Balaban J connectivity index is 2.64. The van der Waals surface area contributed by atoms with Gasteiger partial charge in [-0.2, -0.15) is 0 Å². The third-order valence-corrected chi connectivity index (χ3v) is 4.60. The zero-order valence-electron chi connectivity index (χ0n) is 12.5. The third kappa shape index (κ3) is 2.75. The fourth-order valence-electron chi connectivity index (χ4n) is 2.37. The molecule has 0 saturated heterocycles. The Morgan fingerprint density at radius 2 is 1.84 bits per heavy atom. The van der Waals surface area contributed by atoms with E-state index in [0.29, 0.717) is 6.54 Å². The second-order valence-corrected chi connectivity index (χ2v) is 7.26. The quantitative estimate of drug-likeness (QED) is 0.836. The number of rotatable bonds is 2. The average molecular weight is 273 g/mol. The predicted octanol–water partition coefficient (Wildman–Crippen LogP) is 4.79. The molecule has 1 nitrogen and oxygen atoms in total. The molecule has 1 heterocycles. The van der Waals surface area contributed by atoms with Crippen molar-refractivity contribution in [1.82, 2.24) is 0 Å². The Labute approximate surface area is 120 Å². The van der Waals surface area contributed by atoms with Gasteiger partial charge in [0.2, 0.25) is 0 Å². The van der Waals surface area contributed by atoms with Gasteiger partial charge in [0.05, 0.1) is 0 Å². The van der Waals surface area contributed by atoms with Crippen molar-refractivity contribution in [3.63, 3.8) is 0 Å². The summed E-state index contributed by atoms with van der Waals surface area (Å²) in [4.78, 5) is 1.36. The van der Waals surface area contributed by atoms with Crippen LogP contribution in [-0.2, 0) is 12.0 Å². The molecule has 0 aliphatic heterocycles. The van der Waals surface area contributed by atoms with Crippen molar-refractivity contribution in [3.8, 4) is 11.1 Å². The summed E-state index contributed by atoms with van der Waals surface area (Å²) >= 11 is 1.79. The predicted molar refractivity (Wildman–Crippen MR) is 85.8 cm³/mol. The van der Waals surface area contributed by atoms with Gasteiger partial charge in [-0.3, -0.25) is 0 Å². The van der Waals surface area contributed by atoms with E-state index in [9.17, 15) is 0 Å². The molecule has 0 aliphatic carbocycles. The van der Waals surface area contributed by atoms with Gasteiger partial charge in [-0.1, -0.05) is 39.0 Å². The summed E-state index contributed by atoms with van der Waals surface area (Å²) in [7, 11) is 0. The summed E-state index contributed by atoms with van der Waals surface area (Å²) in [6.45, 7) is 11.7. The highest BCUT2D eigenvalue weighted by Gasteiger charge is 2.17. The molecule has 0 aliphatic rings. The number of benzene rings is 1. The van der Waals surface area contributed by atoms with Crippen molar-refractivity contribution >= 4 is 11.3 Å². The lowest BCUT2D eigenvalue weighted by Crippen LogP contribution is -2.11. The van der Waals surface area contributed by atoms with Crippen LogP contribution in [0, 0.1) is 13.8 Å². The van der Waals surface area contributed by atoms with Gasteiger partial charge in [-0.25, -0.2) is 0 Å². The second kappa shape index (κ2) is 5.10. The highest BCUT2D eigenvalue weighted by Crippen LogP contribution is 2.36. The van der Waals surface area contributed by atoms with Gasteiger partial charge in [0.25, 0.3) is 0 Å². The minimum atomic E-state index is 0.176. The van der Waals surface area contributed by atoms with Crippen LogP contribution in [0.3, 0.4) is 0 Å². The average Bonchev–Trinajstić information content (AvgIpc) is 2.69. The van der Waals surface area contributed by atoms with Crippen molar-refractivity contribution in [2.75, 3.05) is 0 Å². The molecule has 19 heavy (non-hydrogen) atoms. The molecular weight excluding hydrogens is 250 g/mol. The normalized spacial score (nSPS) is 11.9. The molecule has 2 heteroatoms. The first-order valence-corrected chi connectivity index (χ1v) is 7.61. The zero-order valence-corrected chi connectivity index (χ0v) is 13.3. The van der Waals surface area contributed by atoms with Crippen LogP contribution < -0.4 is 5.73 Å². The number of nitrogens with two attached hydrogens (primary N) is 1. The number of hydrogen-bond donors (Lipinski definition) is 1. The van der Waals surface area contributed by atoms with Crippen LogP contribution in [0.5, 0.6) is 0 Å². The standard InChI is InChI=1S/C17H23NS/c1-11-6-7-14(17(3,4)5)8-15(11)16-12(2)19-10-13(16)9-18/h6-8,10H,9,18H2,1-5H3. The summed E-state index contributed by atoms with van der Waals surface area (Å²) < 4.78 is 0. The molecule has 1 aromatic carbocycles. The van der Waals surface area contributed by atoms with Gasteiger partial charge in [0.15, 0.2) is 0 Å². The Kier molecular flexibility index (Phi) is 3.84. The van der Waals surface area contributed by atoms with Crippen molar-refractivity contribution < 1.29 is 0 Å². The molecule has 102 valence electrons. The Bertz CT molecular complexity index is 588. The summed E-state index contributed by atoms with van der Waals surface area (Å²) in [5, 5.41) is 2.19. The highest BCUT2D eigenvalue weighted by atomic mass is 32.1. The monoisotopic (exact) mass is 273 g/mol. The molecule has 0 bridgehead atoms. The fraction of sp³-hybridized carbons (Fsp3) is 0.412. The van der Waals surface area contributed by atoms with Gasteiger partial charge in [-0.15, -0.1) is 11.3 Å². The number of thiophene rings is 1. The first-order valence-electron chi connectivity index (χ1n) is 6.73. The van der Waals surface area contributed by atoms with E-state index in [0.717, 1.165) is 0 Å². The molecule has 2 N–H and O–H groups in total. The highest BCUT2D eigenvalue weighted by molar-refractivity contribution is 7.10. The van der Waals surface area contributed by atoms with E-state index in [-0.39, 0.29) is 5.41 Å². The van der Waals surface area contributed by atoms with Crippen molar-refractivity contribution in [2.45, 2.75) is 46.6 Å². The maximum Gasteiger partial charge on any atom is 0.0192 e. The van der Waals surface area contributed by atoms with E-state index >= 15 is 0 Å². The lowest BCUT2D eigenvalue weighted by atomic mass is 9.84. The molecule has 0 amide bonds. The van der Waals surface area contributed by atoms with Crippen LogP contribution in [0.15, 0.2) is 23.6 Å². The Morgan fingerprint density at radius 3 is 2.42 bits per heavy atom. The summed E-state index contributed by atoms with van der Waals surface area (Å²) in [6, 6.07) is 6.81. The van der Waals surface area contributed by atoms with Crippen LogP contribution in [-0.4, -0.2) is 0 Å². The minimum absolute atomic E-state index is 0.176. The van der Waals surface area contributed by atoms with Crippen LogP contribution in [0.1, 0.15) is 42.3 Å². The Hall–Kier alpha value is -1.12. The van der Waals surface area contributed by atoms with Crippen molar-refractivity contribution in [2.24, 2.45) is 5.73 Å². The van der Waals surface area contributed by atoms with Crippen LogP contribution in [0.2, 0.25) is 0 Å². The number of hydrogen-bond acceptors (Lipinski definition) is 2. The van der Waals surface area contributed by atoms with E-state index in [2.05, 4.69) is 58.2 Å². The minimum Gasteiger partial charge on any atom is -0.326 e. The summed E-state index contributed by atoms with van der Waals surface area (Å²) in [6.07, 6.45) is 0. The second-order valence-electron chi connectivity index (χ2n) is 6.18. The first-order chi connectivity index (χ1) is 8.84. The molecule has 2 aromatic rings. The van der Waals surface area contributed by atoms with E-state index < -0.39 is 0 Å². The van der Waals surface area contributed by atoms with Gasteiger partial charge in [0.1, 0.15) is 0 Å². The molecule has 0 saturated carbocycles. The Morgan fingerprint density at radius 1 is 1.16 bits per heavy atom. The molecule has 0 radical (unpaired) electrons. The lowest BCUT2D eigenvalue weighted by molar-refractivity contribution is 0.590. The molecule has 0 atom stereocenters. The topological polar surface area (TPSA) is 26.0 Å². The molecule has 0 fully saturated rings. The first kappa shape index (κ1) is 14.3. The number of aryl methyl sites for hydroxylation is 2. The third-order valence-electron chi connectivity index (χ3n) is 3.64. The maximum absolute atomic E-state index is 5.88. The molecular formula is C17H23NS. The summed E-state index contributed by atoms with van der Waals surface area (Å²) in [5.74, 6) is 0. The zero-order chi connectivity index (χ0) is 14.2. The molecule has 2 rings (SSSR count). The van der Waals surface area contributed by atoms with E-state index in [1.807, 2.05) is 0 Å². The van der Waals surface area contributed by atoms with Gasteiger partial charge in [-0.05, 0) is 46.9 Å². The van der Waals surface area contributed by atoms with E-state index in [4.69, 9.17) is 5.73 Å². The summed E-state index contributed by atoms with van der Waals surface area (Å²) in [5.41, 5.74) is 12.7. The van der Waals surface area contributed by atoms with Crippen molar-refractivity contribution in [3.05, 3.63) is 45.1 Å². The largest absolute Gasteiger partial charge is 0.326 e. The molecule has 0 spiro atoms. The fourth-order valence-corrected chi connectivity index (χ4v) is 3.27. The smallest absolute Gasteiger partial charge is 0.0192 e. The maximum atomic E-state index is 5.88. The molecule has 1 aromatic heterocycles. The van der Waals surface area contributed by atoms with Crippen molar-refractivity contribution in [1.29, 1.82) is 0 Å². The van der Waals surface area contributed by atoms with Crippen LogP contribution in [0.4, 0.5) is 0 Å². The van der Waals surface area contributed by atoms with E-state index in [1.54, 1.807) is 11.3 Å². The van der Waals surface area contributed by atoms with Gasteiger partial charge in [0, 0.05) is 17.0 Å². The SMILES string of the molecule is Cc1ccc(C(C)(C)C)cc1-c1c(CN)csc1C. The van der Waals surface area contributed by atoms with E-state index in [1.165, 1.54) is 32.7 Å².